The van der Waals surface area contributed by atoms with Crippen LogP contribution in [0.3, 0.4) is 0 Å². The van der Waals surface area contributed by atoms with Crippen LogP contribution in [0, 0.1) is 0 Å². The van der Waals surface area contributed by atoms with Gasteiger partial charge in [-0.3, -0.25) is 4.55 Å². The molecule has 0 saturated heterocycles. The molecule has 4 nitrogen and oxygen atoms in total. The number of hydrogen-bond donors (Lipinski definition) is 2. The highest BCUT2D eigenvalue weighted by molar-refractivity contribution is 7.86. The molecule has 4 rings (SSSR count). The second kappa shape index (κ2) is 10.5. The Labute approximate surface area is 207 Å². The fraction of sp³-hybridized carbons (Fsp3) is 0.200. The van der Waals surface area contributed by atoms with Crippen molar-refractivity contribution in [1.82, 2.24) is 0 Å². The van der Waals surface area contributed by atoms with E-state index in [9.17, 15) is 18.1 Å². The van der Waals surface area contributed by atoms with Gasteiger partial charge in [0.05, 0.1) is 0 Å². The minimum absolute atomic E-state index is 0.0944. The topological polar surface area (TPSA) is 74.6 Å². The van der Waals surface area contributed by atoms with Crippen molar-refractivity contribution in [1.29, 1.82) is 0 Å². The summed E-state index contributed by atoms with van der Waals surface area (Å²) in [6, 6.07) is 33.4. The molecule has 35 heavy (non-hydrogen) atoms. The number of hydrogen-bond acceptors (Lipinski definition) is 3. The van der Waals surface area contributed by atoms with Crippen molar-refractivity contribution < 1.29 is 18.1 Å². The first kappa shape index (κ1) is 24.7. The molecule has 180 valence electrons. The van der Waals surface area contributed by atoms with Gasteiger partial charge in [0.1, 0.15) is 10.6 Å². The highest BCUT2D eigenvalue weighted by Gasteiger charge is 2.26. The van der Waals surface area contributed by atoms with Crippen molar-refractivity contribution in [3.8, 4) is 5.75 Å². The van der Waals surface area contributed by atoms with Crippen LogP contribution in [0.4, 0.5) is 0 Å². The minimum Gasteiger partial charge on any atom is -0.506 e. The predicted octanol–water partition coefficient (Wildman–Crippen LogP) is 7.12. The van der Waals surface area contributed by atoms with E-state index in [-0.39, 0.29) is 11.8 Å². The smallest absolute Gasteiger partial charge is 0.298 e. The molecule has 0 amide bonds. The molecule has 0 radical (unpaired) electrons. The standard InChI is InChI=1S/C30H30O4S/c1-21(23-12-5-3-6-13-23)20-28(24-14-7-4-8-15-24)27-17-10-9-16-25(27)22(2)26-18-11-19-29(30(26)31)35(32,33)34/h3-19,21-22,28,31H,20H2,1-2H3,(H,32,33,34). The van der Waals surface area contributed by atoms with Crippen LogP contribution in [-0.4, -0.2) is 18.1 Å². The molecule has 2 N–H and O–H groups in total. The summed E-state index contributed by atoms with van der Waals surface area (Å²) < 4.78 is 33.1. The molecule has 0 spiro atoms. The molecule has 3 atom stereocenters. The molecule has 3 unspecified atom stereocenters. The fourth-order valence-electron chi connectivity index (χ4n) is 4.89. The summed E-state index contributed by atoms with van der Waals surface area (Å²) in [6.07, 6.45) is 0.884. The van der Waals surface area contributed by atoms with Gasteiger partial charge in [-0.1, -0.05) is 111 Å². The maximum atomic E-state index is 11.8. The molecule has 0 fully saturated rings. The Kier molecular flexibility index (Phi) is 7.39. The summed E-state index contributed by atoms with van der Waals surface area (Å²) in [5, 5.41) is 10.8. The van der Waals surface area contributed by atoms with Crippen molar-refractivity contribution in [2.45, 2.75) is 42.9 Å². The lowest BCUT2D eigenvalue weighted by Crippen LogP contribution is -2.11. The third kappa shape index (κ3) is 5.47. The summed E-state index contributed by atoms with van der Waals surface area (Å²) in [7, 11) is -4.54. The van der Waals surface area contributed by atoms with Crippen LogP contribution in [0.15, 0.2) is 108 Å². The van der Waals surface area contributed by atoms with Gasteiger partial charge in [-0.25, -0.2) is 0 Å². The summed E-state index contributed by atoms with van der Waals surface area (Å²) in [5.74, 6) is -0.310. The Hall–Kier alpha value is -3.41. The van der Waals surface area contributed by atoms with Crippen LogP contribution in [0.25, 0.3) is 0 Å². The lowest BCUT2D eigenvalue weighted by Gasteiger charge is -2.27. The molecule has 4 aromatic rings. The normalized spacial score (nSPS) is 14.3. The average molecular weight is 487 g/mol. The van der Waals surface area contributed by atoms with Crippen molar-refractivity contribution in [2.75, 3.05) is 0 Å². The largest absolute Gasteiger partial charge is 0.506 e. The van der Waals surface area contributed by atoms with E-state index in [1.807, 2.05) is 49.4 Å². The van der Waals surface area contributed by atoms with Gasteiger partial charge in [0.25, 0.3) is 10.1 Å². The molecule has 5 heteroatoms. The van der Waals surface area contributed by atoms with Gasteiger partial charge in [0.15, 0.2) is 0 Å². The van der Waals surface area contributed by atoms with Gasteiger partial charge < -0.3 is 5.11 Å². The van der Waals surface area contributed by atoms with Crippen LogP contribution in [0.2, 0.25) is 0 Å². The molecule has 0 bridgehead atoms. The number of phenols is 1. The highest BCUT2D eigenvalue weighted by atomic mass is 32.2. The van der Waals surface area contributed by atoms with E-state index in [1.165, 1.54) is 17.2 Å². The van der Waals surface area contributed by atoms with Crippen LogP contribution < -0.4 is 0 Å². The zero-order valence-corrected chi connectivity index (χ0v) is 20.7. The van der Waals surface area contributed by atoms with E-state index in [0.717, 1.165) is 17.5 Å². The first-order chi connectivity index (χ1) is 16.8. The highest BCUT2D eigenvalue weighted by Crippen LogP contribution is 2.42. The molecular formula is C30H30O4S. The molecule has 0 aliphatic rings. The summed E-state index contributed by atoms with van der Waals surface area (Å²) in [6.45, 7) is 4.18. The Bertz CT molecular complexity index is 1380. The number of para-hydroxylation sites is 1. The van der Waals surface area contributed by atoms with Crippen molar-refractivity contribution in [3.05, 3.63) is 131 Å². The Balaban J connectivity index is 1.80. The minimum atomic E-state index is -4.54. The molecule has 0 aliphatic carbocycles. The van der Waals surface area contributed by atoms with Gasteiger partial charge in [-0.05, 0) is 40.7 Å². The van der Waals surface area contributed by atoms with Gasteiger partial charge in [0, 0.05) is 17.4 Å². The van der Waals surface area contributed by atoms with Gasteiger partial charge >= 0.3 is 0 Å². The van der Waals surface area contributed by atoms with Gasteiger partial charge in [-0.2, -0.15) is 8.42 Å². The molecule has 0 aromatic heterocycles. The van der Waals surface area contributed by atoms with Crippen molar-refractivity contribution in [2.24, 2.45) is 0 Å². The van der Waals surface area contributed by atoms with E-state index < -0.39 is 20.8 Å². The second-order valence-electron chi connectivity index (χ2n) is 9.03. The van der Waals surface area contributed by atoms with E-state index in [4.69, 9.17) is 0 Å². The Morgan fingerprint density at radius 3 is 1.77 bits per heavy atom. The van der Waals surface area contributed by atoms with Crippen molar-refractivity contribution in [3.63, 3.8) is 0 Å². The van der Waals surface area contributed by atoms with Crippen LogP contribution in [-0.2, 0) is 10.1 Å². The number of benzene rings is 4. The molecule has 0 saturated carbocycles. The Morgan fingerprint density at radius 1 is 0.657 bits per heavy atom. The Morgan fingerprint density at radius 2 is 1.17 bits per heavy atom. The summed E-state index contributed by atoms with van der Waals surface area (Å²) in [5.41, 5.74) is 5.06. The lowest BCUT2D eigenvalue weighted by atomic mass is 9.77. The van der Waals surface area contributed by atoms with Crippen molar-refractivity contribution >= 4 is 10.1 Å². The monoisotopic (exact) mass is 486 g/mol. The SMILES string of the molecule is CC(CC(c1ccccc1)c1ccccc1C(C)c1cccc(S(=O)(=O)O)c1O)c1ccccc1. The molecular weight excluding hydrogens is 456 g/mol. The van der Waals surface area contributed by atoms with E-state index in [2.05, 4.69) is 49.4 Å². The predicted molar refractivity (Wildman–Crippen MR) is 140 cm³/mol. The van der Waals surface area contributed by atoms with Crippen LogP contribution in [0.1, 0.15) is 65.8 Å². The van der Waals surface area contributed by atoms with Gasteiger partial charge in [0.2, 0.25) is 0 Å². The van der Waals surface area contributed by atoms with E-state index >= 15 is 0 Å². The zero-order valence-electron chi connectivity index (χ0n) is 19.9. The zero-order chi connectivity index (χ0) is 25.0. The first-order valence-corrected chi connectivity index (χ1v) is 13.2. The first-order valence-electron chi connectivity index (χ1n) is 11.8. The summed E-state index contributed by atoms with van der Waals surface area (Å²) in [4.78, 5) is -0.475. The van der Waals surface area contributed by atoms with E-state index in [1.54, 1.807) is 12.1 Å². The third-order valence-electron chi connectivity index (χ3n) is 6.77. The van der Waals surface area contributed by atoms with E-state index in [0.29, 0.717) is 11.5 Å². The molecule has 0 heterocycles. The average Bonchev–Trinajstić information content (AvgIpc) is 2.87. The maximum absolute atomic E-state index is 11.8. The number of rotatable bonds is 8. The molecule has 4 aromatic carbocycles. The number of phenolic OH excluding ortho intramolecular Hbond substituents is 1. The lowest BCUT2D eigenvalue weighted by molar-refractivity contribution is 0.436. The third-order valence-corrected chi connectivity index (χ3v) is 7.66. The number of aromatic hydroxyl groups is 1. The maximum Gasteiger partial charge on any atom is 0.298 e. The van der Waals surface area contributed by atoms with Crippen LogP contribution in [0.5, 0.6) is 5.75 Å². The quantitative estimate of drug-likeness (QED) is 0.260. The fourth-order valence-corrected chi connectivity index (χ4v) is 5.50. The summed E-state index contributed by atoms with van der Waals surface area (Å²) >= 11 is 0. The second-order valence-corrected chi connectivity index (χ2v) is 10.4. The van der Waals surface area contributed by atoms with Gasteiger partial charge in [-0.15, -0.1) is 0 Å². The van der Waals surface area contributed by atoms with Crippen LogP contribution >= 0.6 is 0 Å². The molecule has 0 aliphatic heterocycles.